The number of aromatic nitrogens is 1. The second-order valence-corrected chi connectivity index (χ2v) is 6.41. The van der Waals surface area contributed by atoms with E-state index < -0.39 is 64.2 Å². The molecule has 10 heteroatoms. The topological polar surface area (TPSA) is 88.6 Å². The summed E-state index contributed by atoms with van der Waals surface area (Å²) in [5.74, 6) is -6.19. The zero-order valence-corrected chi connectivity index (χ0v) is 14.1. The van der Waals surface area contributed by atoms with Gasteiger partial charge in [0.2, 0.25) is 5.43 Å². The predicted molar refractivity (Wildman–Crippen MR) is 90.4 cm³/mol. The molecule has 1 fully saturated rings. The van der Waals surface area contributed by atoms with E-state index in [9.17, 15) is 22.8 Å². The zero-order chi connectivity index (χ0) is 19.9. The number of carboxylic acid groups (broad SMARTS) is 1. The fourth-order valence-corrected chi connectivity index (χ4v) is 3.45. The van der Waals surface area contributed by atoms with Gasteiger partial charge in [0.05, 0.1) is 17.4 Å². The summed E-state index contributed by atoms with van der Waals surface area (Å²) in [6, 6.07) is 0. The molecule has 3 rings (SSSR count). The molecule has 0 radical (unpaired) electrons. The van der Waals surface area contributed by atoms with Crippen LogP contribution in [0.2, 0.25) is 0 Å². The van der Waals surface area contributed by atoms with E-state index in [1.807, 2.05) is 0 Å². The Kier molecular flexibility index (Phi) is 5.09. The highest BCUT2D eigenvalue weighted by atomic mass is 19.2. The van der Waals surface area contributed by atoms with Gasteiger partial charge in [-0.1, -0.05) is 0 Å². The molecule has 0 bridgehead atoms. The van der Waals surface area contributed by atoms with Crippen molar-refractivity contribution in [1.82, 2.24) is 4.57 Å². The summed E-state index contributed by atoms with van der Waals surface area (Å²) in [6.07, 6.45) is 1.30. The molecule has 0 aliphatic carbocycles. The van der Waals surface area contributed by atoms with Gasteiger partial charge in [-0.25, -0.2) is 22.4 Å². The lowest BCUT2D eigenvalue weighted by Gasteiger charge is -2.22. The summed E-state index contributed by atoms with van der Waals surface area (Å²) in [5, 5.41) is 8.05. The third-order valence-electron chi connectivity index (χ3n) is 4.81. The standard InChI is InChI=1S/C17H17F4N3O3/c18-2-4-24-7-9(17(26)27)16(25)10-11(19)12(20)15(13(21)14(10)24)23-3-1-8(5-22)6-23/h7-8H,1-6,22H2,(H,26,27). The van der Waals surface area contributed by atoms with Crippen LogP contribution in [-0.4, -0.2) is 42.0 Å². The average molecular weight is 387 g/mol. The van der Waals surface area contributed by atoms with Gasteiger partial charge in [-0.05, 0) is 18.9 Å². The molecular formula is C17H17F4N3O3. The molecule has 2 heterocycles. The molecule has 1 aliphatic heterocycles. The fraction of sp³-hybridized carbons (Fsp3) is 0.412. The lowest BCUT2D eigenvalue weighted by molar-refractivity contribution is 0.0694. The van der Waals surface area contributed by atoms with Crippen LogP contribution in [0.15, 0.2) is 11.0 Å². The van der Waals surface area contributed by atoms with Gasteiger partial charge >= 0.3 is 5.97 Å². The second kappa shape index (κ2) is 7.18. The number of carbonyl (C=O) groups is 1. The first-order valence-electron chi connectivity index (χ1n) is 8.29. The number of aromatic carboxylic acids is 1. The summed E-state index contributed by atoms with van der Waals surface area (Å²) < 4.78 is 58.2. The van der Waals surface area contributed by atoms with Gasteiger partial charge in [0.1, 0.15) is 17.9 Å². The second-order valence-electron chi connectivity index (χ2n) is 6.41. The molecule has 3 N–H and O–H groups in total. The summed E-state index contributed by atoms with van der Waals surface area (Å²) in [5.41, 5.74) is 1.99. The number of carboxylic acids is 1. The van der Waals surface area contributed by atoms with Crippen molar-refractivity contribution in [2.24, 2.45) is 11.7 Å². The number of pyridine rings is 1. The molecular weight excluding hydrogens is 370 g/mol. The van der Waals surface area contributed by atoms with E-state index in [2.05, 4.69) is 0 Å². The van der Waals surface area contributed by atoms with Crippen molar-refractivity contribution in [2.75, 3.05) is 31.2 Å². The minimum Gasteiger partial charge on any atom is -0.477 e. The molecule has 1 aromatic carbocycles. The Morgan fingerprint density at radius 1 is 1.26 bits per heavy atom. The Morgan fingerprint density at radius 3 is 2.52 bits per heavy atom. The average Bonchev–Trinajstić information content (AvgIpc) is 3.09. The van der Waals surface area contributed by atoms with Crippen LogP contribution in [0.1, 0.15) is 16.8 Å². The van der Waals surface area contributed by atoms with Crippen LogP contribution in [0.3, 0.4) is 0 Å². The van der Waals surface area contributed by atoms with E-state index in [0.717, 1.165) is 10.8 Å². The molecule has 2 aromatic rings. The molecule has 1 saturated heterocycles. The highest BCUT2D eigenvalue weighted by Gasteiger charge is 2.32. The highest BCUT2D eigenvalue weighted by Crippen LogP contribution is 2.35. The SMILES string of the molecule is NCC1CCN(c2c(F)c(F)c3c(=O)c(C(=O)O)cn(CCF)c3c2F)C1. The first-order chi connectivity index (χ1) is 12.8. The molecule has 1 unspecified atom stereocenters. The first-order valence-corrected chi connectivity index (χ1v) is 8.29. The van der Waals surface area contributed by atoms with Crippen LogP contribution in [-0.2, 0) is 6.54 Å². The van der Waals surface area contributed by atoms with Gasteiger partial charge in [-0.15, -0.1) is 0 Å². The number of hydrogen-bond donors (Lipinski definition) is 2. The smallest absolute Gasteiger partial charge is 0.341 e. The number of fused-ring (bicyclic) bond motifs is 1. The van der Waals surface area contributed by atoms with Crippen LogP contribution in [0, 0.1) is 23.4 Å². The van der Waals surface area contributed by atoms with Crippen LogP contribution >= 0.6 is 0 Å². The van der Waals surface area contributed by atoms with Gasteiger partial charge in [-0.2, -0.15) is 0 Å². The number of nitrogens with zero attached hydrogens (tertiary/aromatic N) is 2. The highest BCUT2D eigenvalue weighted by molar-refractivity contribution is 5.94. The van der Waals surface area contributed by atoms with Crippen LogP contribution < -0.4 is 16.1 Å². The number of alkyl halides is 1. The molecule has 1 aromatic heterocycles. The molecule has 6 nitrogen and oxygen atoms in total. The Morgan fingerprint density at radius 2 is 1.96 bits per heavy atom. The largest absolute Gasteiger partial charge is 0.477 e. The first kappa shape index (κ1) is 19.2. The lowest BCUT2D eigenvalue weighted by atomic mass is 10.1. The van der Waals surface area contributed by atoms with E-state index in [4.69, 9.17) is 10.8 Å². The summed E-state index contributed by atoms with van der Waals surface area (Å²) in [6.45, 7) is -0.810. The molecule has 27 heavy (non-hydrogen) atoms. The van der Waals surface area contributed by atoms with Crippen molar-refractivity contribution < 1.29 is 27.5 Å². The van der Waals surface area contributed by atoms with Crippen LogP contribution in [0.25, 0.3) is 10.9 Å². The van der Waals surface area contributed by atoms with Gasteiger partial charge in [0.25, 0.3) is 0 Å². The summed E-state index contributed by atoms with van der Waals surface area (Å²) in [4.78, 5) is 24.8. The van der Waals surface area contributed by atoms with E-state index >= 15 is 4.39 Å². The monoisotopic (exact) mass is 387 g/mol. The fourth-order valence-electron chi connectivity index (χ4n) is 3.45. The Hall–Kier alpha value is -2.62. The van der Waals surface area contributed by atoms with Crippen molar-refractivity contribution >= 4 is 22.6 Å². The van der Waals surface area contributed by atoms with Gasteiger partial charge in [0.15, 0.2) is 17.5 Å². The third kappa shape index (κ3) is 3.03. The van der Waals surface area contributed by atoms with Crippen molar-refractivity contribution in [3.8, 4) is 0 Å². The van der Waals surface area contributed by atoms with Gasteiger partial charge in [-0.3, -0.25) is 4.79 Å². The van der Waals surface area contributed by atoms with E-state index in [-0.39, 0.29) is 19.0 Å². The molecule has 0 spiro atoms. The number of anilines is 1. The number of aryl methyl sites for hydroxylation is 1. The number of rotatable bonds is 5. The number of nitrogens with two attached hydrogens (primary N) is 1. The van der Waals surface area contributed by atoms with Crippen molar-refractivity contribution in [3.63, 3.8) is 0 Å². The Balaban J connectivity index is 2.36. The maximum Gasteiger partial charge on any atom is 0.341 e. The van der Waals surface area contributed by atoms with Crippen molar-refractivity contribution in [2.45, 2.75) is 13.0 Å². The third-order valence-corrected chi connectivity index (χ3v) is 4.81. The lowest BCUT2D eigenvalue weighted by Crippen LogP contribution is -2.27. The number of halogens is 4. The molecule has 0 saturated carbocycles. The molecule has 1 aliphatic rings. The van der Waals surface area contributed by atoms with E-state index in [0.29, 0.717) is 13.0 Å². The number of benzene rings is 1. The minimum atomic E-state index is -1.70. The zero-order valence-electron chi connectivity index (χ0n) is 14.1. The normalized spacial score (nSPS) is 17.1. The Labute approximate surface area is 150 Å². The van der Waals surface area contributed by atoms with E-state index in [1.165, 1.54) is 4.90 Å². The minimum absolute atomic E-state index is 0.0232. The summed E-state index contributed by atoms with van der Waals surface area (Å²) in [7, 11) is 0. The maximum atomic E-state index is 15.2. The number of hydrogen-bond acceptors (Lipinski definition) is 4. The summed E-state index contributed by atoms with van der Waals surface area (Å²) >= 11 is 0. The van der Waals surface area contributed by atoms with Crippen molar-refractivity contribution in [1.29, 1.82) is 0 Å². The Bertz CT molecular complexity index is 977. The quantitative estimate of drug-likeness (QED) is 0.604. The van der Waals surface area contributed by atoms with Gasteiger partial charge in [0, 0.05) is 19.3 Å². The maximum absolute atomic E-state index is 15.2. The van der Waals surface area contributed by atoms with Gasteiger partial charge < -0.3 is 20.3 Å². The van der Waals surface area contributed by atoms with E-state index in [1.54, 1.807) is 0 Å². The van der Waals surface area contributed by atoms with Crippen LogP contribution in [0.5, 0.6) is 0 Å². The van der Waals surface area contributed by atoms with Crippen molar-refractivity contribution in [3.05, 3.63) is 39.4 Å². The predicted octanol–water partition coefficient (Wildman–Crippen LogP) is 1.87. The molecule has 1 atom stereocenters. The molecule has 0 amide bonds. The van der Waals surface area contributed by atoms with Crippen LogP contribution in [0.4, 0.5) is 23.2 Å². The molecule has 146 valence electrons.